The topological polar surface area (TPSA) is 35.5 Å². The fourth-order valence-corrected chi connectivity index (χ4v) is 2.20. The van der Waals surface area contributed by atoms with E-state index in [0.717, 1.165) is 0 Å². The fraction of sp³-hybridized carbons (Fsp3) is 0.235. The van der Waals surface area contributed by atoms with Crippen molar-refractivity contribution in [2.75, 3.05) is 7.11 Å². The Morgan fingerprint density at radius 2 is 1.86 bits per heavy atom. The number of rotatable bonds is 5. The van der Waals surface area contributed by atoms with Gasteiger partial charge in [0.25, 0.3) is 0 Å². The molecule has 0 saturated carbocycles. The molecule has 0 aliphatic heterocycles. The lowest BCUT2D eigenvalue weighted by molar-refractivity contribution is 0.103. The summed E-state index contributed by atoms with van der Waals surface area (Å²) in [5.74, 6) is 1.14. The van der Waals surface area contributed by atoms with Crippen molar-refractivity contribution in [1.29, 1.82) is 0 Å². The van der Waals surface area contributed by atoms with Crippen LogP contribution in [0.3, 0.4) is 0 Å². The molecule has 2 aromatic carbocycles. The van der Waals surface area contributed by atoms with Gasteiger partial charge >= 0.3 is 0 Å². The van der Waals surface area contributed by atoms with Gasteiger partial charge in [0.1, 0.15) is 11.5 Å². The minimum atomic E-state index is -0.142. The van der Waals surface area contributed by atoms with E-state index in [0.29, 0.717) is 27.6 Å². The standard InChI is InChI=1S/C17H17ClO3/c1-11(2)21-14-6-4-5-12(9-14)17(19)15-8-7-13(20-3)10-16(15)18/h4-11H,1-3H3. The van der Waals surface area contributed by atoms with Crippen molar-refractivity contribution in [3.05, 3.63) is 58.6 Å². The molecule has 0 aromatic heterocycles. The molecule has 0 saturated heterocycles. The zero-order valence-electron chi connectivity index (χ0n) is 12.2. The Balaban J connectivity index is 2.31. The van der Waals surface area contributed by atoms with Crippen LogP contribution in [-0.2, 0) is 0 Å². The second-order valence-electron chi connectivity index (χ2n) is 4.87. The number of hydrogen-bond acceptors (Lipinski definition) is 3. The summed E-state index contributed by atoms with van der Waals surface area (Å²) in [6.07, 6.45) is 0.0555. The first-order valence-corrected chi connectivity index (χ1v) is 7.04. The Kier molecular flexibility index (Phi) is 4.86. The molecule has 0 aliphatic rings. The van der Waals surface area contributed by atoms with Crippen molar-refractivity contribution in [1.82, 2.24) is 0 Å². The van der Waals surface area contributed by atoms with E-state index in [2.05, 4.69) is 0 Å². The summed E-state index contributed by atoms with van der Waals surface area (Å²) in [7, 11) is 1.56. The van der Waals surface area contributed by atoms with E-state index in [1.54, 1.807) is 43.5 Å². The van der Waals surface area contributed by atoms with Crippen LogP contribution in [0.15, 0.2) is 42.5 Å². The number of benzene rings is 2. The third-order valence-electron chi connectivity index (χ3n) is 2.89. The van der Waals surface area contributed by atoms with Crippen LogP contribution in [0.5, 0.6) is 11.5 Å². The second-order valence-corrected chi connectivity index (χ2v) is 5.28. The average molecular weight is 305 g/mol. The molecule has 0 amide bonds. The summed E-state index contributed by atoms with van der Waals surface area (Å²) >= 11 is 6.14. The number of carbonyl (C=O) groups is 1. The Morgan fingerprint density at radius 1 is 1.10 bits per heavy atom. The minimum absolute atomic E-state index is 0.0555. The van der Waals surface area contributed by atoms with Crippen molar-refractivity contribution in [2.24, 2.45) is 0 Å². The van der Waals surface area contributed by atoms with Gasteiger partial charge in [0.15, 0.2) is 5.78 Å². The lowest BCUT2D eigenvalue weighted by Gasteiger charge is -2.11. The molecule has 0 unspecified atom stereocenters. The molecular formula is C17H17ClO3. The van der Waals surface area contributed by atoms with Crippen molar-refractivity contribution >= 4 is 17.4 Å². The number of ketones is 1. The van der Waals surface area contributed by atoms with Gasteiger partial charge < -0.3 is 9.47 Å². The first-order valence-electron chi connectivity index (χ1n) is 6.66. The van der Waals surface area contributed by atoms with Crippen molar-refractivity contribution in [3.8, 4) is 11.5 Å². The molecule has 2 aromatic rings. The fourth-order valence-electron chi connectivity index (χ4n) is 1.95. The number of methoxy groups -OCH3 is 1. The molecule has 0 N–H and O–H groups in total. The minimum Gasteiger partial charge on any atom is -0.497 e. The van der Waals surface area contributed by atoms with Gasteiger partial charge in [-0.3, -0.25) is 4.79 Å². The van der Waals surface area contributed by atoms with E-state index in [1.165, 1.54) is 0 Å². The predicted molar refractivity (Wildman–Crippen MR) is 83.6 cm³/mol. The average Bonchev–Trinajstić information content (AvgIpc) is 2.46. The maximum Gasteiger partial charge on any atom is 0.194 e. The highest BCUT2D eigenvalue weighted by molar-refractivity contribution is 6.35. The zero-order chi connectivity index (χ0) is 15.4. The summed E-state index contributed by atoms with van der Waals surface area (Å²) in [5, 5.41) is 0.370. The van der Waals surface area contributed by atoms with Gasteiger partial charge in [-0.05, 0) is 44.2 Å². The lowest BCUT2D eigenvalue weighted by Crippen LogP contribution is -2.07. The van der Waals surface area contributed by atoms with E-state index >= 15 is 0 Å². The van der Waals surface area contributed by atoms with Gasteiger partial charge in [-0.1, -0.05) is 23.7 Å². The van der Waals surface area contributed by atoms with E-state index in [-0.39, 0.29) is 11.9 Å². The molecule has 21 heavy (non-hydrogen) atoms. The maximum absolute atomic E-state index is 12.5. The Labute approximate surface area is 129 Å². The van der Waals surface area contributed by atoms with Crippen LogP contribution in [0.2, 0.25) is 5.02 Å². The third kappa shape index (κ3) is 3.76. The lowest BCUT2D eigenvalue weighted by atomic mass is 10.0. The van der Waals surface area contributed by atoms with E-state index in [4.69, 9.17) is 21.1 Å². The van der Waals surface area contributed by atoms with Crippen molar-refractivity contribution in [3.63, 3.8) is 0 Å². The zero-order valence-corrected chi connectivity index (χ0v) is 13.0. The first kappa shape index (κ1) is 15.4. The Hall–Kier alpha value is -2.00. The highest BCUT2D eigenvalue weighted by Crippen LogP contribution is 2.26. The molecule has 3 nitrogen and oxygen atoms in total. The Morgan fingerprint density at radius 3 is 2.48 bits per heavy atom. The van der Waals surface area contributed by atoms with Crippen LogP contribution in [-0.4, -0.2) is 19.0 Å². The molecule has 0 atom stereocenters. The maximum atomic E-state index is 12.5. The molecular weight excluding hydrogens is 288 g/mol. The number of halogens is 1. The van der Waals surface area contributed by atoms with Crippen molar-refractivity contribution < 1.29 is 14.3 Å². The van der Waals surface area contributed by atoms with Gasteiger partial charge in [-0.25, -0.2) is 0 Å². The molecule has 0 fully saturated rings. The highest BCUT2D eigenvalue weighted by atomic mass is 35.5. The van der Waals surface area contributed by atoms with Crippen LogP contribution in [0.25, 0.3) is 0 Å². The Bertz CT molecular complexity index is 650. The SMILES string of the molecule is COc1ccc(C(=O)c2cccc(OC(C)C)c2)c(Cl)c1. The highest BCUT2D eigenvalue weighted by Gasteiger charge is 2.14. The smallest absolute Gasteiger partial charge is 0.194 e. The van der Waals surface area contributed by atoms with Crippen molar-refractivity contribution in [2.45, 2.75) is 20.0 Å². The monoisotopic (exact) mass is 304 g/mol. The van der Waals surface area contributed by atoms with Crippen LogP contribution in [0, 0.1) is 0 Å². The molecule has 0 spiro atoms. The molecule has 0 aliphatic carbocycles. The number of ether oxygens (including phenoxy) is 2. The van der Waals surface area contributed by atoms with Crippen LogP contribution >= 0.6 is 11.6 Å². The van der Waals surface area contributed by atoms with Crippen LogP contribution in [0.1, 0.15) is 29.8 Å². The number of carbonyl (C=O) groups excluding carboxylic acids is 1. The molecule has 0 radical (unpaired) electrons. The molecule has 110 valence electrons. The third-order valence-corrected chi connectivity index (χ3v) is 3.20. The second kappa shape index (κ2) is 6.64. The van der Waals surface area contributed by atoms with Crippen LogP contribution in [0.4, 0.5) is 0 Å². The summed E-state index contributed by atoms with van der Waals surface area (Å²) in [6.45, 7) is 3.88. The van der Waals surface area contributed by atoms with E-state index in [1.807, 2.05) is 19.9 Å². The summed E-state index contributed by atoms with van der Waals surface area (Å²) < 4.78 is 10.7. The molecule has 0 heterocycles. The quantitative estimate of drug-likeness (QED) is 0.770. The van der Waals surface area contributed by atoms with Gasteiger partial charge in [0.2, 0.25) is 0 Å². The van der Waals surface area contributed by atoms with Gasteiger partial charge in [0, 0.05) is 11.1 Å². The van der Waals surface area contributed by atoms with Crippen LogP contribution < -0.4 is 9.47 Å². The summed E-state index contributed by atoms with van der Waals surface area (Å²) in [5.41, 5.74) is 0.986. The predicted octanol–water partition coefficient (Wildman–Crippen LogP) is 4.37. The first-order chi connectivity index (χ1) is 10.0. The number of hydrogen-bond donors (Lipinski definition) is 0. The summed E-state index contributed by atoms with van der Waals surface area (Å²) in [6, 6.07) is 12.1. The van der Waals surface area contributed by atoms with E-state index in [9.17, 15) is 4.79 Å². The molecule has 0 bridgehead atoms. The van der Waals surface area contributed by atoms with Gasteiger partial charge in [-0.15, -0.1) is 0 Å². The molecule has 2 rings (SSSR count). The molecule has 4 heteroatoms. The van der Waals surface area contributed by atoms with Gasteiger partial charge in [0.05, 0.1) is 18.2 Å². The largest absolute Gasteiger partial charge is 0.497 e. The summed E-state index contributed by atoms with van der Waals surface area (Å²) in [4.78, 5) is 12.5. The normalized spacial score (nSPS) is 10.5. The van der Waals surface area contributed by atoms with E-state index < -0.39 is 0 Å². The van der Waals surface area contributed by atoms with Gasteiger partial charge in [-0.2, -0.15) is 0 Å².